The zero-order valence-electron chi connectivity index (χ0n) is 18.3. The summed E-state index contributed by atoms with van der Waals surface area (Å²) >= 11 is 6.10. The number of nitrogens with zero attached hydrogens (tertiary/aromatic N) is 6. The average Bonchev–Trinajstić information content (AvgIpc) is 3.52. The number of tetrazole rings is 1. The van der Waals surface area contributed by atoms with Gasteiger partial charge in [0.25, 0.3) is 5.95 Å². The van der Waals surface area contributed by atoms with Crippen molar-refractivity contribution in [3.05, 3.63) is 101 Å². The highest BCUT2D eigenvalue weighted by atomic mass is 35.5. The monoisotopic (exact) mass is 482 g/mol. The van der Waals surface area contributed by atoms with Crippen LogP contribution >= 0.6 is 11.6 Å². The maximum Gasteiger partial charge on any atom is 0.251 e. The van der Waals surface area contributed by atoms with Gasteiger partial charge in [0.15, 0.2) is 0 Å². The highest BCUT2D eigenvalue weighted by Crippen LogP contribution is 2.36. The molecule has 1 amide bonds. The number of imidazole rings is 1. The number of H-pyrrole nitrogens is 1. The van der Waals surface area contributed by atoms with E-state index < -0.39 is 0 Å². The minimum atomic E-state index is -0.262. The number of aromatic nitrogens is 6. The normalized spacial score (nSPS) is 15.1. The van der Waals surface area contributed by atoms with Gasteiger partial charge in [-0.3, -0.25) is 15.0 Å². The van der Waals surface area contributed by atoms with Crippen LogP contribution < -0.4 is 10.2 Å². The second-order valence-electron chi connectivity index (χ2n) is 8.07. The van der Waals surface area contributed by atoms with Crippen LogP contribution in [0.25, 0.3) is 16.7 Å². The predicted octanol–water partition coefficient (Wildman–Crippen LogP) is 4.29. The summed E-state index contributed by atoms with van der Waals surface area (Å²) in [6, 6.07) is 24.8. The fourth-order valence-corrected chi connectivity index (χ4v) is 4.33. The number of carbonyl (C=O) groups excluding carboxylic acids is 1. The van der Waals surface area contributed by atoms with Crippen LogP contribution in [0.3, 0.4) is 0 Å². The Hall–Kier alpha value is -4.50. The molecule has 0 bridgehead atoms. The third-order valence-corrected chi connectivity index (χ3v) is 6.07. The summed E-state index contributed by atoms with van der Waals surface area (Å²) in [6.45, 7) is -0.00845. The van der Waals surface area contributed by atoms with E-state index in [2.05, 4.69) is 36.9 Å². The summed E-state index contributed by atoms with van der Waals surface area (Å²) in [5.74, 6) is 0.591. The van der Waals surface area contributed by atoms with Crippen molar-refractivity contribution in [1.82, 2.24) is 30.2 Å². The van der Waals surface area contributed by atoms with Gasteiger partial charge in [-0.15, -0.1) is 0 Å². The fraction of sp³-hybridized carbons (Fsp3) is 0.0800. The number of carbonyl (C=O) groups is 1. The van der Waals surface area contributed by atoms with Crippen LogP contribution in [0.2, 0.25) is 5.02 Å². The Balaban J connectivity index is 1.36. The summed E-state index contributed by atoms with van der Waals surface area (Å²) in [7, 11) is 0. The first-order valence-electron chi connectivity index (χ1n) is 11.0. The van der Waals surface area contributed by atoms with Crippen molar-refractivity contribution in [3.63, 3.8) is 0 Å². The number of allylic oxidation sites excluding steroid dienone is 1. The topological polar surface area (TPSA) is 105 Å². The van der Waals surface area contributed by atoms with Gasteiger partial charge in [-0.25, -0.2) is 4.98 Å². The Labute approximate surface area is 205 Å². The van der Waals surface area contributed by atoms with E-state index in [1.165, 1.54) is 0 Å². The van der Waals surface area contributed by atoms with Crippen molar-refractivity contribution in [2.24, 2.45) is 0 Å². The van der Waals surface area contributed by atoms with Crippen LogP contribution in [-0.4, -0.2) is 42.6 Å². The van der Waals surface area contributed by atoms with Gasteiger partial charge in [0.1, 0.15) is 12.6 Å². The number of hydrogen-bond donors (Lipinski definition) is 2. The van der Waals surface area contributed by atoms with Gasteiger partial charge in [0, 0.05) is 5.02 Å². The third-order valence-electron chi connectivity index (χ3n) is 5.82. The lowest BCUT2D eigenvalue weighted by Gasteiger charge is -2.32. The molecule has 6 rings (SSSR count). The van der Waals surface area contributed by atoms with Gasteiger partial charge in [0.2, 0.25) is 11.9 Å². The molecule has 2 N–H and O–H groups in total. The van der Waals surface area contributed by atoms with Crippen molar-refractivity contribution in [1.29, 1.82) is 0 Å². The van der Waals surface area contributed by atoms with E-state index in [9.17, 15) is 4.79 Å². The number of aromatic amines is 1. The minimum Gasteiger partial charge on any atom is -0.324 e. The SMILES string of the molecule is O=C(CN1C(c2ccccc2)=C[C@H](c2ccc(Cl)cc2)n2nnnc21)Nc1nc2ccccc2[nH]1. The molecule has 35 heavy (non-hydrogen) atoms. The predicted molar refractivity (Wildman–Crippen MR) is 134 cm³/mol. The zero-order chi connectivity index (χ0) is 23.8. The second-order valence-corrected chi connectivity index (χ2v) is 8.51. The molecule has 1 aliphatic rings. The van der Waals surface area contributed by atoms with Gasteiger partial charge in [-0.2, -0.15) is 4.68 Å². The number of halogens is 1. The number of para-hydroxylation sites is 2. The summed E-state index contributed by atoms with van der Waals surface area (Å²) in [6.07, 6.45) is 2.05. The molecule has 0 saturated heterocycles. The molecule has 9 nitrogen and oxygen atoms in total. The first-order valence-corrected chi connectivity index (χ1v) is 11.4. The second kappa shape index (κ2) is 8.69. The number of anilines is 2. The van der Waals surface area contributed by atoms with Crippen LogP contribution in [0.5, 0.6) is 0 Å². The fourth-order valence-electron chi connectivity index (χ4n) is 4.21. The van der Waals surface area contributed by atoms with Crippen LogP contribution in [0.1, 0.15) is 17.2 Å². The molecular formula is C25H19ClN8O. The molecule has 10 heteroatoms. The lowest BCUT2D eigenvalue weighted by Crippen LogP contribution is -2.37. The summed E-state index contributed by atoms with van der Waals surface area (Å²) < 4.78 is 1.70. The van der Waals surface area contributed by atoms with E-state index in [-0.39, 0.29) is 18.5 Å². The molecule has 5 aromatic rings. The molecule has 0 fully saturated rings. The van der Waals surface area contributed by atoms with Crippen molar-refractivity contribution in [3.8, 4) is 0 Å². The van der Waals surface area contributed by atoms with Gasteiger partial charge in [0.05, 0.1) is 16.7 Å². The maximum atomic E-state index is 13.1. The highest BCUT2D eigenvalue weighted by Gasteiger charge is 2.32. The number of rotatable bonds is 5. The molecule has 2 aromatic heterocycles. The lowest BCUT2D eigenvalue weighted by atomic mass is 10.0. The Bertz CT molecular complexity index is 1510. The molecular weight excluding hydrogens is 464 g/mol. The molecule has 3 heterocycles. The number of benzene rings is 3. The molecule has 172 valence electrons. The lowest BCUT2D eigenvalue weighted by molar-refractivity contribution is -0.114. The zero-order valence-corrected chi connectivity index (χ0v) is 19.1. The molecule has 1 aliphatic heterocycles. The molecule has 0 spiro atoms. The Morgan fingerprint density at radius 3 is 2.57 bits per heavy atom. The first-order chi connectivity index (χ1) is 17.2. The van der Waals surface area contributed by atoms with Crippen LogP contribution in [0, 0.1) is 0 Å². The van der Waals surface area contributed by atoms with E-state index in [4.69, 9.17) is 11.6 Å². The molecule has 3 aromatic carbocycles. The molecule has 0 unspecified atom stereocenters. The molecule has 0 aliphatic carbocycles. The minimum absolute atomic E-state index is 0.00845. The number of hydrogen-bond acceptors (Lipinski definition) is 6. The largest absolute Gasteiger partial charge is 0.324 e. The Kier molecular flexibility index (Phi) is 5.23. The number of amides is 1. The molecule has 0 saturated carbocycles. The summed E-state index contributed by atoms with van der Waals surface area (Å²) in [5, 5.41) is 15.9. The molecule has 0 radical (unpaired) electrons. The van der Waals surface area contributed by atoms with E-state index >= 15 is 0 Å². The van der Waals surface area contributed by atoms with Crippen LogP contribution in [-0.2, 0) is 4.79 Å². The van der Waals surface area contributed by atoms with Crippen LogP contribution in [0.15, 0.2) is 84.9 Å². The molecule has 1 atom stereocenters. The van der Waals surface area contributed by atoms with E-state index in [1.807, 2.05) is 78.9 Å². The summed E-state index contributed by atoms with van der Waals surface area (Å²) in [4.78, 5) is 22.5. The van der Waals surface area contributed by atoms with Gasteiger partial charge in [-0.05, 0) is 51.9 Å². The number of nitrogens with one attached hydrogen (secondary N) is 2. The Morgan fingerprint density at radius 1 is 1.00 bits per heavy atom. The van der Waals surface area contributed by atoms with Gasteiger partial charge < -0.3 is 4.98 Å². The van der Waals surface area contributed by atoms with Crippen molar-refractivity contribution in [2.45, 2.75) is 6.04 Å². The Morgan fingerprint density at radius 2 is 1.77 bits per heavy atom. The number of fused-ring (bicyclic) bond motifs is 2. The van der Waals surface area contributed by atoms with Crippen molar-refractivity contribution < 1.29 is 4.79 Å². The van der Waals surface area contributed by atoms with Crippen molar-refractivity contribution in [2.75, 3.05) is 16.8 Å². The maximum absolute atomic E-state index is 13.1. The van der Waals surface area contributed by atoms with Gasteiger partial charge >= 0.3 is 0 Å². The summed E-state index contributed by atoms with van der Waals surface area (Å²) in [5.41, 5.74) is 4.37. The van der Waals surface area contributed by atoms with Crippen molar-refractivity contribution >= 4 is 46.1 Å². The van der Waals surface area contributed by atoms with E-state index in [1.54, 1.807) is 9.58 Å². The smallest absolute Gasteiger partial charge is 0.251 e. The highest BCUT2D eigenvalue weighted by molar-refractivity contribution is 6.30. The third kappa shape index (κ3) is 4.02. The van der Waals surface area contributed by atoms with Gasteiger partial charge in [-0.1, -0.05) is 71.3 Å². The average molecular weight is 483 g/mol. The van der Waals surface area contributed by atoms with E-state index in [0.29, 0.717) is 16.9 Å². The quantitative estimate of drug-likeness (QED) is 0.387. The first kappa shape index (κ1) is 21.1. The van der Waals surface area contributed by atoms with E-state index in [0.717, 1.165) is 27.9 Å². The van der Waals surface area contributed by atoms with Crippen LogP contribution in [0.4, 0.5) is 11.9 Å². The standard InChI is InChI=1S/C25H19ClN8O/c26-18-12-10-17(11-13-18)22-14-21(16-6-2-1-3-7-16)33(25-30-31-32-34(22)25)15-23(35)29-24-27-19-8-4-5-9-20(19)28-24/h1-14,22H,15H2,(H2,27,28,29,35)/t22-/m1/s1.